The third kappa shape index (κ3) is 6.37. The first-order chi connectivity index (χ1) is 15.4. The molecule has 0 spiro atoms. The zero-order chi connectivity index (χ0) is 23.1. The molecule has 1 aromatic heterocycles. The van der Waals surface area contributed by atoms with Crippen molar-refractivity contribution < 1.29 is 9.53 Å². The zero-order valence-electron chi connectivity index (χ0n) is 17.8. The highest BCUT2D eigenvalue weighted by Gasteiger charge is 2.16. The molecule has 6 nitrogen and oxygen atoms in total. The molecule has 9 heteroatoms. The van der Waals surface area contributed by atoms with Crippen LogP contribution >= 0.6 is 39.3 Å². The molecule has 0 aliphatic rings. The third-order valence-corrected chi connectivity index (χ3v) is 6.31. The van der Waals surface area contributed by atoms with E-state index in [4.69, 9.17) is 16.3 Å². The third-order valence-electron chi connectivity index (χ3n) is 4.54. The lowest BCUT2D eigenvalue weighted by molar-refractivity contribution is -0.113. The first-order valence-electron chi connectivity index (χ1n) is 10.0. The summed E-state index contributed by atoms with van der Waals surface area (Å²) in [5.41, 5.74) is 1.89. The van der Waals surface area contributed by atoms with Crippen molar-refractivity contribution in [3.63, 3.8) is 0 Å². The lowest BCUT2D eigenvalue weighted by Gasteiger charge is -2.14. The highest BCUT2D eigenvalue weighted by Crippen LogP contribution is 2.28. The number of thioether (sulfide) groups is 1. The molecule has 0 bridgehead atoms. The van der Waals surface area contributed by atoms with E-state index in [1.807, 2.05) is 34.9 Å². The van der Waals surface area contributed by atoms with E-state index in [0.29, 0.717) is 28.3 Å². The maximum absolute atomic E-state index is 12.6. The van der Waals surface area contributed by atoms with Gasteiger partial charge in [0.25, 0.3) is 0 Å². The molecule has 0 aliphatic heterocycles. The van der Waals surface area contributed by atoms with E-state index in [2.05, 4.69) is 51.9 Å². The SMILES string of the molecule is C=CCn1c(COc2ccccc2Cl)nnc1SCC(=O)Nc1ccc(Br)cc1C(C)C. The molecule has 1 heterocycles. The van der Waals surface area contributed by atoms with E-state index in [-0.39, 0.29) is 24.2 Å². The van der Waals surface area contributed by atoms with E-state index in [1.54, 1.807) is 18.2 Å². The summed E-state index contributed by atoms with van der Waals surface area (Å²) >= 11 is 11.0. The van der Waals surface area contributed by atoms with Gasteiger partial charge in [-0.3, -0.25) is 9.36 Å². The average Bonchev–Trinajstić information content (AvgIpc) is 3.14. The molecule has 3 aromatic rings. The second kappa shape index (κ2) is 11.5. The van der Waals surface area contributed by atoms with Gasteiger partial charge in [-0.15, -0.1) is 16.8 Å². The number of anilines is 1. The zero-order valence-corrected chi connectivity index (χ0v) is 21.0. The van der Waals surface area contributed by atoms with Crippen LogP contribution in [0.1, 0.15) is 31.2 Å². The number of amides is 1. The molecule has 0 atom stereocenters. The minimum Gasteiger partial charge on any atom is -0.484 e. The molecule has 0 fully saturated rings. The highest BCUT2D eigenvalue weighted by molar-refractivity contribution is 9.10. The van der Waals surface area contributed by atoms with Gasteiger partial charge >= 0.3 is 0 Å². The summed E-state index contributed by atoms with van der Waals surface area (Å²) in [6.45, 7) is 8.70. The van der Waals surface area contributed by atoms with Crippen molar-refractivity contribution in [1.29, 1.82) is 0 Å². The van der Waals surface area contributed by atoms with Gasteiger partial charge in [0.2, 0.25) is 5.91 Å². The van der Waals surface area contributed by atoms with Crippen LogP contribution in [0.4, 0.5) is 5.69 Å². The van der Waals surface area contributed by atoms with Crippen LogP contribution in [-0.4, -0.2) is 26.4 Å². The minimum absolute atomic E-state index is 0.110. The number of benzene rings is 2. The van der Waals surface area contributed by atoms with E-state index < -0.39 is 0 Å². The Kier molecular flexibility index (Phi) is 8.78. The fraction of sp³-hybridized carbons (Fsp3) is 0.261. The molecule has 0 saturated carbocycles. The molecular formula is C23H24BrClN4O2S. The van der Waals surface area contributed by atoms with Crippen molar-refractivity contribution in [3.8, 4) is 5.75 Å². The Labute approximate surface area is 205 Å². The number of halogens is 2. The summed E-state index contributed by atoms with van der Waals surface area (Å²) < 4.78 is 8.65. The van der Waals surface area contributed by atoms with Crippen molar-refractivity contribution in [2.24, 2.45) is 0 Å². The van der Waals surface area contributed by atoms with Crippen molar-refractivity contribution in [1.82, 2.24) is 14.8 Å². The van der Waals surface area contributed by atoms with E-state index >= 15 is 0 Å². The fourth-order valence-corrected chi connectivity index (χ4v) is 4.33. The summed E-state index contributed by atoms with van der Waals surface area (Å²) in [5.74, 6) is 1.58. The van der Waals surface area contributed by atoms with Gasteiger partial charge in [-0.2, -0.15) is 0 Å². The van der Waals surface area contributed by atoms with Crippen LogP contribution in [0.15, 0.2) is 64.7 Å². The van der Waals surface area contributed by atoms with Crippen LogP contribution in [0.3, 0.4) is 0 Å². The number of nitrogens with zero attached hydrogens (tertiary/aromatic N) is 3. The number of para-hydroxylation sites is 1. The summed E-state index contributed by atoms with van der Waals surface area (Å²) in [7, 11) is 0. The van der Waals surface area contributed by atoms with Crippen LogP contribution in [-0.2, 0) is 17.9 Å². The Bertz CT molecular complexity index is 1100. The molecule has 3 rings (SSSR count). The Morgan fingerprint density at radius 2 is 2.09 bits per heavy atom. The molecule has 1 N–H and O–H groups in total. The smallest absolute Gasteiger partial charge is 0.234 e. The van der Waals surface area contributed by atoms with Gasteiger partial charge in [-0.1, -0.05) is 71.3 Å². The van der Waals surface area contributed by atoms with Gasteiger partial charge in [0.1, 0.15) is 12.4 Å². The molecule has 0 unspecified atom stereocenters. The largest absolute Gasteiger partial charge is 0.484 e. The van der Waals surface area contributed by atoms with Gasteiger partial charge in [0.15, 0.2) is 11.0 Å². The van der Waals surface area contributed by atoms with Crippen LogP contribution in [0.5, 0.6) is 5.75 Å². The molecule has 1 amide bonds. The van der Waals surface area contributed by atoms with Crippen molar-refractivity contribution in [2.45, 2.75) is 38.1 Å². The van der Waals surface area contributed by atoms with E-state index in [1.165, 1.54) is 11.8 Å². The molecule has 0 aliphatic carbocycles. The van der Waals surface area contributed by atoms with Crippen molar-refractivity contribution in [2.75, 3.05) is 11.1 Å². The molecule has 32 heavy (non-hydrogen) atoms. The summed E-state index contributed by atoms with van der Waals surface area (Å²) in [6.07, 6.45) is 1.75. The number of carbonyl (C=O) groups is 1. The molecular weight excluding hydrogens is 512 g/mol. The average molecular weight is 536 g/mol. The maximum atomic E-state index is 12.6. The monoisotopic (exact) mass is 534 g/mol. The number of carbonyl (C=O) groups excluding carboxylic acids is 1. The topological polar surface area (TPSA) is 69.0 Å². The quantitative estimate of drug-likeness (QED) is 0.243. The minimum atomic E-state index is -0.110. The molecule has 168 valence electrons. The number of hydrogen-bond donors (Lipinski definition) is 1. The van der Waals surface area contributed by atoms with Gasteiger partial charge in [-0.25, -0.2) is 0 Å². The second-order valence-electron chi connectivity index (χ2n) is 7.24. The lowest BCUT2D eigenvalue weighted by atomic mass is 10.0. The first-order valence-corrected chi connectivity index (χ1v) is 12.2. The highest BCUT2D eigenvalue weighted by atomic mass is 79.9. The summed E-state index contributed by atoms with van der Waals surface area (Å²) in [6, 6.07) is 13.1. The predicted octanol–water partition coefficient (Wildman–Crippen LogP) is 6.31. The lowest BCUT2D eigenvalue weighted by Crippen LogP contribution is -2.16. The van der Waals surface area contributed by atoms with E-state index in [0.717, 1.165) is 15.7 Å². The molecule has 0 radical (unpaired) electrons. The number of nitrogens with one attached hydrogen (secondary N) is 1. The van der Waals surface area contributed by atoms with Crippen LogP contribution < -0.4 is 10.1 Å². The standard InChI is InChI=1S/C23H24BrClN4O2S/c1-4-11-29-21(13-31-20-8-6-5-7-18(20)25)27-28-23(29)32-14-22(30)26-19-10-9-16(24)12-17(19)15(2)3/h4-10,12,15H,1,11,13-14H2,2-3H3,(H,26,30). The van der Waals surface area contributed by atoms with Crippen molar-refractivity contribution in [3.05, 3.63) is 76.0 Å². The normalized spacial score (nSPS) is 10.9. The van der Waals surface area contributed by atoms with Crippen LogP contribution in [0, 0.1) is 0 Å². The Balaban J connectivity index is 1.65. The first kappa shape index (κ1) is 24.4. The van der Waals surface area contributed by atoms with Crippen molar-refractivity contribution >= 4 is 50.9 Å². The molecule has 0 saturated heterocycles. The van der Waals surface area contributed by atoms with Crippen LogP contribution in [0.2, 0.25) is 5.02 Å². The van der Waals surface area contributed by atoms with Crippen LogP contribution in [0.25, 0.3) is 0 Å². The number of hydrogen-bond acceptors (Lipinski definition) is 5. The van der Waals surface area contributed by atoms with Gasteiger partial charge < -0.3 is 10.1 Å². The maximum Gasteiger partial charge on any atom is 0.234 e. The Hall–Kier alpha value is -2.29. The molecule has 2 aromatic carbocycles. The number of ether oxygens (including phenoxy) is 1. The Morgan fingerprint density at radius 3 is 2.81 bits per heavy atom. The van der Waals surface area contributed by atoms with E-state index in [9.17, 15) is 4.79 Å². The summed E-state index contributed by atoms with van der Waals surface area (Å²) in [4.78, 5) is 12.6. The van der Waals surface area contributed by atoms with Gasteiger partial charge in [0, 0.05) is 16.7 Å². The fourth-order valence-electron chi connectivity index (χ4n) is 2.99. The predicted molar refractivity (Wildman–Crippen MR) is 134 cm³/mol. The summed E-state index contributed by atoms with van der Waals surface area (Å²) in [5, 5.41) is 12.6. The van der Waals surface area contributed by atoms with Gasteiger partial charge in [-0.05, 0) is 41.8 Å². The number of rotatable bonds is 10. The second-order valence-corrected chi connectivity index (χ2v) is 9.51. The van der Waals surface area contributed by atoms with Gasteiger partial charge in [0.05, 0.1) is 10.8 Å². The number of allylic oxidation sites excluding steroid dienone is 1. The number of aromatic nitrogens is 3. The Morgan fingerprint density at radius 1 is 1.31 bits per heavy atom.